The first-order chi connectivity index (χ1) is 10.8. The largest absolute Gasteiger partial charge is 0.361 e. The number of nitrogens with one attached hydrogen (secondary N) is 1. The number of benzene rings is 2. The van der Waals surface area contributed by atoms with E-state index < -0.39 is 0 Å². The van der Waals surface area contributed by atoms with Gasteiger partial charge < -0.3 is 9.55 Å². The fourth-order valence-corrected chi connectivity index (χ4v) is 3.12. The number of aromatic nitrogens is 2. The first kappa shape index (κ1) is 13.2. The molecule has 0 saturated carbocycles. The lowest BCUT2D eigenvalue weighted by Gasteiger charge is -2.11. The lowest BCUT2D eigenvalue weighted by molar-refractivity contribution is 1.03. The first-order valence-electron chi connectivity index (χ1n) is 7.28. The quantitative estimate of drug-likeness (QED) is 0.537. The van der Waals surface area contributed by atoms with E-state index in [9.17, 15) is 0 Å². The van der Waals surface area contributed by atoms with Gasteiger partial charge in [0.1, 0.15) is 0 Å². The van der Waals surface area contributed by atoms with Crippen LogP contribution in [0.1, 0.15) is 11.1 Å². The third-order valence-electron chi connectivity index (χ3n) is 3.98. The third kappa shape index (κ3) is 2.32. The molecular weight excluding hydrogens is 292 g/mol. The van der Waals surface area contributed by atoms with Crippen LogP contribution in [0.4, 0.5) is 0 Å². The molecule has 2 heterocycles. The molecule has 2 aromatic carbocycles. The van der Waals surface area contributed by atoms with Crippen LogP contribution in [0.25, 0.3) is 16.6 Å². The fraction of sp³-hybridized carbons (Fsp3) is 0.0526. The van der Waals surface area contributed by atoms with Crippen molar-refractivity contribution in [3.05, 3.63) is 89.3 Å². The number of hydrogen-bond donors (Lipinski definition) is 1. The Morgan fingerprint density at radius 3 is 2.59 bits per heavy atom. The SMILES string of the molecule is Clc1ccc(-n2cccc2)c(Cc2c[nH]c3ccccc23)c1. The summed E-state index contributed by atoms with van der Waals surface area (Å²) in [6, 6.07) is 18.5. The number of rotatable bonds is 3. The average Bonchev–Trinajstić information content (AvgIpc) is 3.18. The number of fused-ring (bicyclic) bond motifs is 1. The molecule has 0 aliphatic rings. The minimum absolute atomic E-state index is 0.769. The van der Waals surface area contributed by atoms with Gasteiger partial charge in [0, 0.05) is 46.6 Å². The van der Waals surface area contributed by atoms with E-state index in [0.717, 1.165) is 11.4 Å². The molecule has 0 radical (unpaired) electrons. The number of H-pyrrole nitrogens is 1. The lowest BCUT2D eigenvalue weighted by Crippen LogP contribution is -1.98. The summed E-state index contributed by atoms with van der Waals surface area (Å²) in [6.07, 6.45) is 7.05. The van der Waals surface area contributed by atoms with E-state index in [1.54, 1.807) is 0 Å². The van der Waals surface area contributed by atoms with E-state index >= 15 is 0 Å². The van der Waals surface area contributed by atoms with Crippen LogP contribution >= 0.6 is 11.6 Å². The van der Waals surface area contributed by atoms with Gasteiger partial charge >= 0.3 is 0 Å². The van der Waals surface area contributed by atoms with Crippen molar-refractivity contribution < 1.29 is 0 Å². The summed E-state index contributed by atoms with van der Waals surface area (Å²) < 4.78 is 2.13. The normalized spacial score (nSPS) is 11.1. The zero-order chi connectivity index (χ0) is 14.9. The minimum Gasteiger partial charge on any atom is -0.361 e. The van der Waals surface area contributed by atoms with E-state index in [1.165, 1.54) is 27.7 Å². The van der Waals surface area contributed by atoms with Crippen molar-refractivity contribution in [1.82, 2.24) is 9.55 Å². The average molecular weight is 307 g/mol. The van der Waals surface area contributed by atoms with Crippen LogP contribution in [-0.4, -0.2) is 9.55 Å². The van der Waals surface area contributed by atoms with Gasteiger partial charge in [-0.2, -0.15) is 0 Å². The monoisotopic (exact) mass is 306 g/mol. The van der Waals surface area contributed by atoms with Crippen molar-refractivity contribution in [1.29, 1.82) is 0 Å². The molecule has 22 heavy (non-hydrogen) atoms. The Balaban J connectivity index is 1.81. The van der Waals surface area contributed by atoms with Gasteiger partial charge in [-0.3, -0.25) is 0 Å². The Labute approximate surface area is 134 Å². The number of aromatic amines is 1. The molecule has 108 valence electrons. The second-order valence-electron chi connectivity index (χ2n) is 5.40. The molecule has 4 rings (SSSR count). The third-order valence-corrected chi connectivity index (χ3v) is 4.22. The zero-order valence-corrected chi connectivity index (χ0v) is 12.7. The van der Waals surface area contributed by atoms with Crippen LogP contribution in [0.5, 0.6) is 0 Å². The van der Waals surface area contributed by atoms with Gasteiger partial charge in [-0.15, -0.1) is 0 Å². The highest BCUT2D eigenvalue weighted by molar-refractivity contribution is 6.30. The Hall–Kier alpha value is -2.45. The van der Waals surface area contributed by atoms with Crippen molar-refractivity contribution in [2.24, 2.45) is 0 Å². The molecule has 0 spiro atoms. The van der Waals surface area contributed by atoms with Gasteiger partial charge in [0.15, 0.2) is 0 Å². The standard InChI is InChI=1S/C19H15ClN2/c20-16-7-8-19(22-9-3-4-10-22)14(12-16)11-15-13-21-18-6-2-1-5-17(15)18/h1-10,12-13,21H,11H2. The second-order valence-corrected chi connectivity index (χ2v) is 5.84. The molecule has 0 bridgehead atoms. The van der Waals surface area contributed by atoms with Gasteiger partial charge in [0.05, 0.1) is 0 Å². The Morgan fingerprint density at radius 2 is 1.73 bits per heavy atom. The Kier molecular flexibility index (Phi) is 3.24. The Morgan fingerprint density at radius 1 is 0.909 bits per heavy atom. The number of para-hydroxylation sites is 1. The topological polar surface area (TPSA) is 20.7 Å². The molecule has 0 atom stereocenters. The summed E-state index contributed by atoms with van der Waals surface area (Å²) in [5.74, 6) is 0. The molecule has 0 amide bonds. The number of halogens is 1. The molecule has 3 heteroatoms. The Bertz CT molecular complexity index is 920. The van der Waals surface area contributed by atoms with Crippen LogP contribution in [0.15, 0.2) is 73.2 Å². The van der Waals surface area contributed by atoms with E-state index in [0.29, 0.717) is 0 Å². The molecule has 0 aliphatic heterocycles. The summed E-state index contributed by atoms with van der Waals surface area (Å²) in [6.45, 7) is 0. The predicted octanol–water partition coefficient (Wildman–Crippen LogP) is 5.20. The van der Waals surface area contributed by atoms with Gasteiger partial charge in [-0.1, -0.05) is 29.8 Å². The summed E-state index contributed by atoms with van der Waals surface area (Å²) in [5.41, 5.74) is 4.83. The summed E-state index contributed by atoms with van der Waals surface area (Å²) in [7, 11) is 0. The molecule has 1 N–H and O–H groups in total. The molecule has 0 fully saturated rings. The van der Waals surface area contributed by atoms with Crippen LogP contribution in [0.2, 0.25) is 5.02 Å². The van der Waals surface area contributed by atoms with Crippen molar-refractivity contribution in [2.75, 3.05) is 0 Å². The van der Waals surface area contributed by atoms with Crippen LogP contribution in [0, 0.1) is 0 Å². The lowest BCUT2D eigenvalue weighted by atomic mass is 10.0. The van der Waals surface area contributed by atoms with Gasteiger partial charge in [-0.25, -0.2) is 0 Å². The minimum atomic E-state index is 0.769. The molecule has 2 nitrogen and oxygen atoms in total. The summed E-state index contributed by atoms with van der Waals surface area (Å²) >= 11 is 6.22. The van der Waals surface area contributed by atoms with E-state index in [-0.39, 0.29) is 0 Å². The summed E-state index contributed by atoms with van der Waals surface area (Å²) in [4.78, 5) is 3.34. The van der Waals surface area contributed by atoms with Crippen molar-refractivity contribution >= 4 is 22.5 Å². The van der Waals surface area contributed by atoms with Crippen LogP contribution < -0.4 is 0 Å². The smallest absolute Gasteiger partial charge is 0.0485 e. The predicted molar refractivity (Wildman–Crippen MR) is 91.9 cm³/mol. The highest BCUT2D eigenvalue weighted by Crippen LogP contribution is 2.26. The zero-order valence-electron chi connectivity index (χ0n) is 12.0. The fourth-order valence-electron chi connectivity index (χ4n) is 2.93. The summed E-state index contributed by atoms with van der Waals surface area (Å²) in [5, 5.41) is 2.03. The van der Waals surface area contributed by atoms with E-state index in [2.05, 4.69) is 58.5 Å². The highest BCUT2D eigenvalue weighted by atomic mass is 35.5. The molecular formula is C19H15ClN2. The van der Waals surface area contributed by atoms with Crippen LogP contribution in [0.3, 0.4) is 0 Å². The van der Waals surface area contributed by atoms with Gasteiger partial charge in [-0.05, 0) is 47.5 Å². The van der Waals surface area contributed by atoms with Crippen LogP contribution in [-0.2, 0) is 6.42 Å². The van der Waals surface area contributed by atoms with E-state index in [4.69, 9.17) is 11.6 Å². The first-order valence-corrected chi connectivity index (χ1v) is 7.66. The molecule has 0 aliphatic carbocycles. The highest BCUT2D eigenvalue weighted by Gasteiger charge is 2.09. The molecule has 4 aromatic rings. The molecule has 2 aromatic heterocycles. The maximum Gasteiger partial charge on any atom is 0.0485 e. The van der Waals surface area contributed by atoms with Crippen molar-refractivity contribution in [3.8, 4) is 5.69 Å². The van der Waals surface area contributed by atoms with Gasteiger partial charge in [0.25, 0.3) is 0 Å². The van der Waals surface area contributed by atoms with E-state index in [1.807, 2.05) is 24.3 Å². The molecule has 0 unspecified atom stereocenters. The van der Waals surface area contributed by atoms with Gasteiger partial charge in [0.2, 0.25) is 0 Å². The number of nitrogens with zero attached hydrogens (tertiary/aromatic N) is 1. The second kappa shape index (κ2) is 5.39. The van der Waals surface area contributed by atoms with Crippen molar-refractivity contribution in [2.45, 2.75) is 6.42 Å². The molecule has 0 saturated heterocycles. The maximum atomic E-state index is 6.22. The number of hydrogen-bond acceptors (Lipinski definition) is 0. The maximum absolute atomic E-state index is 6.22. The van der Waals surface area contributed by atoms with Crippen molar-refractivity contribution in [3.63, 3.8) is 0 Å².